The summed E-state index contributed by atoms with van der Waals surface area (Å²) in [6, 6.07) is 13.9. The molecule has 3 heteroatoms. The monoisotopic (exact) mass is 267 g/mol. The highest BCUT2D eigenvalue weighted by Crippen LogP contribution is 2.37. The fourth-order valence-corrected chi connectivity index (χ4v) is 2.63. The molecule has 0 N–H and O–H groups in total. The van der Waals surface area contributed by atoms with E-state index in [1.807, 2.05) is 43.3 Å². The van der Waals surface area contributed by atoms with Crippen LogP contribution in [0.2, 0.25) is 0 Å². The smallest absolute Gasteiger partial charge is 0.150 e. The molecule has 0 amide bonds. The number of benzene rings is 2. The highest BCUT2D eigenvalue weighted by atomic mass is 16.5. The predicted octanol–water partition coefficient (Wildman–Crippen LogP) is 3.73. The number of aldehydes is 1. The largest absolute Gasteiger partial charge is 0.491 e. The second-order valence-corrected chi connectivity index (χ2v) is 4.99. The first-order valence-electron chi connectivity index (χ1n) is 6.85. The molecule has 0 unspecified atom stereocenters. The van der Waals surface area contributed by atoms with Crippen LogP contribution >= 0.6 is 0 Å². The van der Waals surface area contributed by atoms with Crippen LogP contribution in [0.3, 0.4) is 0 Å². The average molecular weight is 267 g/mol. The third-order valence-electron chi connectivity index (χ3n) is 3.59. The third-order valence-corrected chi connectivity index (χ3v) is 3.59. The van der Waals surface area contributed by atoms with Crippen molar-refractivity contribution in [1.82, 2.24) is 0 Å². The van der Waals surface area contributed by atoms with Crippen LogP contribution in [0.15, 0.2) is 42.5 Å². The van der Waals surface area contributed by atoms with Crippen molar-refractivity contribution in [2.45, 2.75) is 13.3 Å². The lowest BCUT2D eigenvalue weighted by Gasteiger charge is -2.25. The van der Waals surface area contributed by atoms with Gasteiger partial charge in [-0.25, -0.2) is 0 Å². The van der Waals surface area contributed by atoms with Gasteiger partial charge in [-0.3, -0.25) is 4.79 Å². The SMILES string of the molecule is Cc1cc(C=O)ccc1N1CCCOc2ccccc21. The fraction of sp³-hybridized carbons (Fsp3) is 0.235. The predicted molar refractivity (Wildman–Crippen MR) is 80.1 cm³/mol. The summed E-state index contributed by atoms with van der Waals surface area (Å²) in [4.78, 5) is 13.1. The van der Waals surface area contributed by atoms with Crippen molar-refractivity contribution in [2.75, 3.05) is 18.1 Å². The van der Waals surface area contributed by atoms with E-state index in [1.54, 1.807) is 0 Å². The Balaban J connectivity index is 2.07. The van der Waals surface area contributed by atoms with Gasteiger partial charge in [-0.2, -0.15) is 0 Å². The molecule has 1 aliphatic rings. The number of rotatable bonds is 2. The van der Waals surface area contributed by atoms with Gasteiger partial charge in [-0.1, -0.05) is 12.1 Å². The Labute approximate surface area is 118 Å². The van der Waals surface area contributed by atoms with Crippen LogP contribution in [0.5, 0.6) is 5.75 Å². The van der Waals surface area contributed by atoms with Gasteiger partial charge in [-0.15, -0.1) is 0 Å². The summed E-state index contributed by atoms with van der Waals surface area (Å²) < 4.78 is 5.79. The van der Waals surface area contributed by atoms with Gasteiger partial charge < -0.3 is 9.64 Å². The number of carbonyl (C=O) groups excluding carboxylic acids is 1. The summed E-state index contributed by atoms with van der Waals surface area (Å²) in [6.07, 6.45) is 1.86. The molecule has 0 radical (unpaired) electrons. The Kier molecular flexibility index (Phi) is 3.42. The summed E-state index contributed by atoms with van der Waals surface area (Å²) in [5.41, 5.74) is 4.04. The highest BCUT2D eigenvalue weighted by Gasteiger charge is 2.18. The molecule has 0 bridgehead atoms. The van der Waals surface area contributed by atoms with Gasteiger partial charge in [0.2, 0.25) is 0 Å². The van der Waals surface area contributed by atoms with Gasteiger partial charge in [0.05, 0.1) is 12.3 Å². The maximum absolute atomic E-state index is 10.9. The van der Waals surface area contributed by atoms with Crippen LogP contribution in [-0.4, -0.2) is 19.4 Å². The Morgan fingerprint density at radius 1 is 1.15 bits per heavy atom. The number of hydrogen-bond acceptors (Lipinski definition) is 3. The second kappa shape index (κ2) is 5.37. The molecule has 3 nitrogen and oxygen atoms in total. The van der Waals surface area contributed by atoms with Crippen molar-refractivity contribution in [3.63, 3.8) is 0 Å². The molecule has 1 aliphatic heterocycles. The maximum Gasteiger partial charge on any atom is 0.150 e. The molecule has 20 heavy (non-hydrogen) atoms. The molecule has 0 saturated heterocycles. The normalized spacial score (nSPS) is 14.2. The number of carbonyl (C=O) groups is 1. The van der Waals surface area contributed by atoms with Crippen molar-refractivity contribution in [3.8, 4) is 5.75 Å². The highest BCUT2D eigenvalue weighted by molar-refractivity contribution is 5.79. The van der Waals surface area contributed by atoms with E-state index >= 15 is 0 Å². The van der Waals surface area contributed by atoms with Crippen LogP contribution in [0.1, 0.15) is 22.3 Å². The first-order chi connectivity index (χ1) is 9.79. The Morgan fingerprint density at radius 2 is 2.00 bits per heavy atom. The molecule has 0 spiro atoms. The van der Waals surface area contributed by atoms with E-state index in [0.717, 1.165) is 48.5 Å². The van der Waals surface area contributed by atoms with E-state index < -0.39 is 0 Å². The van der Waals surface area contributed by atoms with Crippen LogP contribution < -0.4 is 9.64 Å². The van der Waals surface area contributed by atoms with Crippen LogP contribution in [0, 0.1) is 6.92 Å². The zero-order valence-electron chi connectivity index (χ0n) is 11.5. The second-order valence-electron chi connectivity index (χ2n) is 4.99. The molecule has 2 aromatic carbocycles. The Bertz CT molecular complexity index is 637. The summed E-state index contributed by atoms with van der Waals surface area (Å²) in [5, 5.41) is 0. The van der Waals surface area contributed by atoms with Gasteiger partial charge in [-0.05, 0) is 49.2 Å². The molecular weight excluding hydrogens is 250 g/mol. The minimum atomic E-state index is 0.714. The first kappa shape index (κ1) is 12.7. The van der Waals surface area contributed by atoms with Gasteiger partial charge in [0, 0.05) is 17.8 Å². The lowest BCUT2D eigenvalue weighted by molar-refractivity contribution is 0.112. The molecule has 3 rings (SSSR count). The molecule has 0 aromatic heterocycles. The van der Waals surface area contributed by atoms with E-state index in [4.69, 9.17) is 4.74 Å². The maximum atomic E-state index is 10.9. The van der Waals surface area contributed by atoms with Gasteiger partial charge in [0.1, 0.15) is 12.0 Å². The Morgan fingerprint density at radius 3 is 2.80 bits per heavy atom. The fourth-order valence-electron chi connectivity index (χ4n) is 2.63. The van der Waals surface area contributed by atoms with Gasteiger partial charge in [0.25, 0.3) is 0 Å². The molecule has 0 aliphatic carbocycles. The van der Waals surface area contributed by atoms with E-state index in [9.17, 15) is 4.79 Å². The standard InChI is InChI=1S/C17H17NO2/c1-13-11-14(12-19)7-8-15(13)18-9-4-10-20-17-6-3-2-5-16(17)18/h2-3,5-8,11-12H,4,9-10H2,1H3. The molecular formula is C17H17NO2. The van der Waals surface area contributed by atoms with Crippen molar-refractivity contribution in [3.05, 3.63) is 53.6 Å². The number of ether oxygens (including phenoxy) is 1. The van der Waals surface area contributed by atoms with Crippen molar-refractivity contribution < 1.29 is 9.53 Å². The van der Waals surface area contributed by atoms with Crippen LogP contribution in [0.4, 0.5) is 11.4 Å². The number of nitrogens with zero attached hydrogens (tertiary/aromatic N) is 1. The van der Waals surface area contributed by atoms with Gasteiger partial charge >= 0.3 is 0 Å². The molecule has 0 atom stereocenters. The van der Waals surface area contributed by atoms with E-state index in [0.29, 0.717) is 5.56 Å². The summed E-state index contributed by atoms with van der Waals surface area (Å²) in [7, 11) is 0. The minimum absolute atomic E-state index is 0.714. The minimum Gasteiger partial charge on any atom is -0.491 e. The molecule has 0 saturated carbocycles. The van der Waals surface area contributed by atoms with E-state index in [-0.39, 0.29) is 0 Å². The molecule has 0 fully saturated rings. The molecule has 102 valence electrons. The van der Waals surface area contributed by atoms with Gasteiger partial charge in [0.15, 0.2) is 0 Å². The average Bonchev–Trinajstić information content (AvgIpc) is 2.69. The van der Waals surface area contributed by atoms with Crippen molar-refractivity contribution in [2.24, 2.45) is 0 Å². The lowest BCUT2D eigenvalue weighted by atomic mass is 10.1. The molecule has 1 heterocycles. The van der Waals surface area contributed by atoms with E-state index in [1.165, 1.54) is 0 Å². The first-order valence-corrected chi connectivity index (χ1v) is 6.85. The van der Waals surface area contributed by atoms with Crippen LogP contribution in [0.25, 0.3) is 0 Å². The van der Waals surface area contributed by atoms with E-state index in [2.05, 4.69) is 11.0 Å². The topological polar surface area (TPSA) is 29.5 Å². The summed E-state index contributed by atoms with van der Waals surface area (Å²) >= 11 is 0. The lowest BCUT2D eigenvalue weighted by Crippen LogP contribution is -2.18. The van der Waals surface area contributed by atoms with Crippen molar-refractivity contribution >= 4 is 17.7 Å². The summed E-state index contributed by atoms with van der Waals surface area (Å²) in [6.45, 7) is 3.69. The third kappa shape index (κ3) is 2.27. The zero-order chi connectivity index (χ0) is 13.9. The number of para-hydroxylation sites is 2. The number of aryl methyl sites for hydroxylation is 1. The number of hydrogen-bond donors (Lipinski definition) is 0. The van der Waals surface area contributed by atoms with Crippen LogP contribution in [-0.2, 0) is 0 Å². The summed E-state index contributed by atoms with van der Waals surface area (Å²) in [5.74, 6) is 0.920. The zero-order valence-corrected chi connectivity index (χ0v) is 11.5. The number of anilines is 2. The molecule has 2 aromatic rings. The number of fused-ring (bicyclic) bond motifs is 1. The Hall–Kier alpha value is -2.29. The van der Waals surface area contributed by atoms with Crippen molar-refractivity contribution in [1.29, 1.82) is 0 Å². The quantitative estimate of drug-likeness (QED) is 0.776.